The summed E-state index contributed by atoms with van der Waals surface area (Å²) in [5.41, 5.74) is 0. The molecule has 1 aliphatic rings. The molecule has 0 radical (unpaired) electrons. The van der Waals surface area contributed by atoms with Crippen LogP contribution < -0.4 is 5.32 Å². The molecule has 0 heterocycles. The Morgan fingerprint density at radius 2 is 2.00 bits per heavy atom. The van der Waals surface area contributed by atoms with Crippen molar-refractivity contribution in [2.24, 2.45) is 23.7 Å². The average molecular weight is 213 g/mol. The summed E-state index contributed by atoms with van der Waals surface area (Å²) in [6, 6.07) is 0. The predicted octanol–water partition coefficient (Wildman–Crippen LogP) is 1.12. The van der Waals surface area contributed by atoms with Crippen molar-refractivity contribution >= 4 is 11.9 Å². The zero-order chi connectivity index (χ0) is 11.6. The molecule has 1 amide bonds. The maximum atomic E-state index is 11.5. The van der Waals surface area contributed by atoms with Crippen LogP contribution in [0.4, 0.5) is 0 Å². The van der Waals surface area contributed by atoms with Gasteiger partial charge in [0.25, 0.3) is 0 Å². The lowest BCUT2D eigenvalue weighted by Gasteiger charge is -2.16. The second-order valence-corrected chi connectivity index (χ2v) is 4.75. The average Bonchev–Trinajstić information content (AvgIpc) is 2.81. The Labute approximate surface area is 90.0 Å². The Morgan fingerprint density at radius 1 is 1.47 bits per heavy atom. The van der Waals surface area contributed by atoms with Gasteiger partial charge in [-0.05, 0) is 18.3 Å². The van der Waals surface area contributed by atoms with E-state index < -0.39 is 11.9 Å². The van der Waals surface area contributed by atoms with Gasteiger partial charge in [-0.15, -0.1) is 0 Å². The molecule has 3 unspecified atom stereocenters. The highest BCUT2D eigenvalue weighted by Gasteiger charge is 2.39. The number of hydrogen-bond donors (Lipinski definition) is 2. The lowest BCUT2D eigenvalue weighted by molar-refractivity contribution is -0.143. The predicted molar refractivity (Wildman–Crippen MR) is 56.2 cm³/mol. The van der Waals surface area contributed by atoms with Crippen molar-refractivity contribution < 1.29 is 14.7 Å². The summed E-state index contributed by atoms with van der Waals surface area (Å²) in [5.74, 6) is -0.690. The van der Waals surface area contributed by atoms with Gasteiger partial charge >= 0.3 is 5.97 Å². The lowest BCUT2D eigenvalue weighted by Crippen LogP contribution is -2.36. The van der Waals surface area contributed by atoms with Crippen molar-refractivity contribution in [2.45, 2.75) is 27.2 Å². The quantitative estimate of drug-likeness (QED) is 0.719. The monoisotopic (exact) mass is 213 g/mol. The Morgan fingerprint density at radius 3 is 2.33 bits per heavy atom. The Hall–Kier alpha value is -1.06. The third-order valence-electron chi connectivity index (χ3n) is 3.06. The van der Waals surface area contributed by atoms with Gasteiger partial charge in [-0.3, -0.25) is 9.59 Å². The molecule has 1 rings (SSSR count). The minimum atomic E-state index is -0.839. The number of rotatable bonds is 5. The van der Waals surface area contributed by atoms with Crippen molar-refractivity contribution in [3.05, 3.63) is 0 Å². The maximum Gasteiger partial charge on any atom is 0.308 e. The summed E-state index contributed by atoms with van der Waals surface area (Å²) >= 11 is 0. The smallest absolute Gasteiger partial charge is 0.308 e. The second kappa shape index (κ2) is 4.64. The summed E-state index contributed by atoms with van der Waals surface area (Å²) in [4.78, 5) is 22.3. The first-order chi connectivity index (χ1) is 6.93. The van der Waals surface area contributed by atoms with Crippen LogP contribution in [-0.4, -0.2) is 23.5 Å². The Bertz CT molecular complexity index is 263. The van der Waals surface area contributed by atoms with Gasteiger partial charge in [-0.2, -0.15) is 0 Å². The molecule has 1 saturated carbocycles. The van der Waals surface area contributed by atoms with Crippen LogP contribution in [-0.2, 0) is 9.59 Å². The van der Waals surface area contributed by atoms with E-state index >= 15 is 0 Å². The first kappa shape index (κ1) is 12.0. The van der Waals surface area contributed by atoms with Crippen LogP contribution in [0.15, 0.2) is 0 Å². The molecule has 0 saturated heterocycles. The highest BCUT2D eigenvalue weighted by atomic mass is 16.4. The number of carboxylic acid groups (broad SMARTS) is 1. The van der Waals surface area contributed by atoms with E-state index in [-0.39, 0.29) is 24.3 Å². The van der Waals surface area contributed by atoms with Crippen LogP contribution in [0.2, 0.25) is 0 Å². The van der Waals surface area contributed by atoms with Gasteiger partial charge in [0.05, 0.1) is 5.92 Å². The van der Waals surface area contributed by atoms with Crippen molar-refractivity contribution in [3.63, 3.8) is 0 Å². The summed E-state index contributed by atoms with van der Waals surface area (Å²) in [6.07, 6.45) is 0.936. The van der Waals surface area contributed by atoms with Gasteiger partial charge in [-0.1, -0.05) is 20.8 Å². The van der Waals surface area contributed by atoms with Gasteiger partial charge in [0.15, 0.2) is 0 Å². The molecule has 15 heavy (non-hydrogen) atoms. The molecule has 1 aliphatic carbocycles. The van der Waals surface area contributed by atoms with E-state index in [2.05, 4.69) is 5.32 Å². The summed E-state index contributed by atoms with van der Waals surface area (Å²) in [6.45, 7) is 5.98. The number of carbonyl (C=O) groups excluding carboxylic acids is 1. The van der Waals surface area contributed by atoms with Crippen LogP contribution >= 0.6 is 0 Å². The summed E-state index contributed by atoms with van der Waals surface area (Å²) in [7, 11) is 0. The van der Waals surface area contributed by atoms with Crippen LogP contribution in [0.5, 0.6) is 0 Å². The number of nitrogens with one attached hydrogen (secondary N) is 1. The summed E-state index contributed by atoms with van der Waals surface area (Å²) in [5, 5.41) is 11.6. The normalized spacial score (nSPS) is 26.1. The van der Waals surface area contributed by atoms with Gasteiger partial charge in [0.2, 0.25) is 5.91 Å². The van der Waals surface area contributed by atoms with E-state index in [4.69, 9.17) is 5.11 Å². The highest BCUT2D eigenvalue weighted by molar-refractivity contribution is 5.82. The van der Waals surface area contributed by atoms with E-state index in [9.17, 15) is 9.59 Å². The summed E-state index contributed by atoms with van der Waals surface area (Å²) < 4.78 is 0. The van der Waals surface area contributed by atoms with Crippen molar-refractivity contribution in [1.82, 2.24) is 5.32 Å². The molecule has 0 bridgehead atoms. The molecule has 0 aromatic heterocycles. The molecule has 0 aromatic rings. The zero-order valence-corrected chi connectivity index (χ0v) is 9.49. The minimum absolute atomic E-state index is 0.00870. The van der Waals surface area contributed by atoms with Crippen LogP contribution in [0.1, 0.15) is 27.2 Å². The fourth-order valence-corrected chi connectivity index (χ4v) is 1.64. The molecular formula is C11H19NO3. The fourth-order valence-electron chi connectivity index (χ4n) is 1.64. The minimum Gasteiger partial charge on any atom is -0.481 e. The zero-order valence-electron chi connectivity index (χ0n) is 9.49. The maximum absolute atomic E-state index is 11.5. The first-order valence-electron chi connectivity index (χ1n) is 5.44. The van der Waals surface area contributed by atoms with Gasteiger partial charge in [0, 0.05) is 12.5 Å². The SMILES string of the molecule is CC(C)C(CNC(=O)C1CC1C)C(=O)O. The van der Waals surface area contributed by atoms with Crippen LogP contribution in [0.3, 0.4) is 0 Å². The molecule has 0 aromatic carbocycles. The number of carboxylic acids is 1. The van der Waals surface area contributed by atoms with E-state index in [0.29, 0.717) is 5.92 Å². The topological polar surface area (TPSA) is 66.4 Å². The third-order valence-corrected chi connectivity index (χ3v) is 3.06. The number of aliphatic carboxylic acids is 1. The largest absolute Gasteiger partial charge is 0.481 e. The van der Waals surface area contributed by atoms with Crippen molar-refractivity contribution in [1.29, 1.82) is 0 Å². The third kappa shape index (κ3) is 3.22. The van der Waals surface area contributed by atoms with Crippen molar-refractivity contribution in [2.75, 3.05) is 6.54 Å². The number of amides is 1. The van der Waals surface area contributed by atoms with Crippen molar-refractivity contribution in [3.8, 4) is 0 Å². The molecule has 1 fully saturated rings. The molecule has 0 spiro atoms. The Kier molecular flexibility index (Phi) is 3.72. The molecule has 3 atom stereocenters. The molecule has 86 valence electrons. The van der Waals surface area contributed by atoms with Gasteiger partial charge in [0.1, 0.15) is 0 Å². The van der Waals surface area contributed by atoms with Crippen LogP contribution in [0, 0.1) is 23.7 Å². The molecule has 2 N–H and O–H groups in total. The van der Waals surface area contributed by atoms with Gasteiger partial charge < -0.3 is 10.4 Å². The van der Waals surface area contributed by atoms with E-state index in [1.165, 1.54) is 0 Å². The second-order valence-electron chi connectivity index (χ2n) is 4.75. The van der Waals surface area contributed by atoms with E-state index in [0.717, 1.165) is 6.42 Å². The van der Waals surface area contributed by atoms with E-state index in [1.807, 2.05) is 20.8 Å². The van der Waals surface area contributed by atoms with Crippen LogP contribution in [0.25, 0.3) is 0 Å². The Balaban J connectivity index is 2.33. The lowest BCUT2D eigenvalue weighted by atomic mass is 9.96. The molecule has 4 heteroatoms. The first-order valence-corrected chi connectivity index (χ1v) is 5.44. The highest BCUT2D eigenvalue weighted by Crippen LogP contribution is 2.37. The van der Waals surface area contributed by atoms with Gasteiger partial charge in [-0.25, -0.2) is 0 Å². The standard InChI is InChI=1S/C11H19NO3/c1-6(2)9(11(14)15)5-12-10(13)8-4-7(8)3/h6-9H,4-5H2,1-3H3,(H,12,13)(H,14,15). The molecular weight excluding hydrogens is 194 g/mol. The fraction of sp³-hybridized carbons (Fsp3) is 0.818. The molecule has 4 nitrogen and oxygen atoms in total. The van der Waals surface area contributed by atoms with E-state index in [1.54, 1.807) is 0 Å². The number of carbonyl (C=O) groups is 2. The number of hydrogen-bond acceptors (Lipinski definition) is 2. The molecule has 0 aliphatic heterocycles.